The van der Waals surface area contributed by atoms with Crippen LogP contribution in [0.4, 0.5) is 0 Å². The van der Waals surface area contributed by atoms with Gasteiger partial charge in [-0.05, 0) is 109 Å². The first-order valence-electron chi connectivity index (χ1n) is 13.3. The fraction of sp³-hybridized carbons (Fsp3) is 0.552. The Labute approximate surface area is 225 Å². The molecule has 2 aliphatic heterocycles. The van der Waals surface area contributed by atoms with E-state index in [9.17, 15) is 9.90 Å². The van der Waals surface area contributed by atoms with Gasteiger partial charge in [-0.1, -0.05) is 0 Å². The molecule has 5 aliphatic rings. The van der Waals surface area contributed by atoms with Crippen LogP contribution < -0.4 is 4.74 Å². The Kier molecular flexibility index (Phi) is 5.40. The maximum Gasteiger partial charge on any atom is 0.246 e. The number of ether oxygens (including phenoxy) is 1. The summed E-state index contributed by atoms with van der Waals surface area (Å²) in [5.41, 5.74) is 3.74. The van der Waals surface area contributed by atoms with Crippen LogP contribution in [0.25, 0.3) is 6.08 Å². The number of carbonyl (C=O) groups is 1. The number of thiophene rings is 1. The zero-order chi connectivity index (χ0) is 24.8. The van der Waals surface area contributed by atoms with Crippen molar-refractivity contribution >= 4 is 39.2 Å². The molecular weight excluding hydrogens is 536 g/mol. The molecule has 3 fully saturated rings. The van der Waals surface area contributed by atoms with Crippen LogP contribution in [0.3, 0.4) is 0 Å². The summed E-state index contributed by atoms with van der Waals surface area (Å²) in [5.74, 6) is 2.38. The number of carbonyl (C=O) groups excluding carboxylic acids is 1. The molecule has 7 rings (SSSR count). The van der Waals surface area contributed by atoms with Crippen LogP contribution in [0.2, 0.25) is 0 Å². The Morgan fingerprint density at radius 2 is 2.17 bits per heavy atom. The molecule has 2 saturated carbocycles. The van der Waals surface area contributed by atoms with E-state index in [0.717, 1.165) is 47.5 Å². The van der Waals surface area contributed by atoms with Gasteiger partial charge in [0, 0.05) is 51.4 Å². The average molecular weight is 570 g/mol. The molecule has 1 aromatic carbocycles. The highest BCUT2D eigenvalue weighted by atomic mass is 79.9. The van der Waals surface area contributed by atoms with Gasteiger partial charge < -0.3 is 14.7 Å². The lowest BCUT2D eigenvalue weighted by Gasteiger charge is -2.60. The number of rotatable bonds is 5. The van der Waals surface area contributed by atoms with Gasteiger partial charge in [0.2, 0.25) is 5.91 Å². The third kappa shape index (κ3) is 3.38. The lowest BCUT2D eigenvalue weighted by Crippen LogP contribution is -2.69. The topological polar surface area (TPSA) is 53.0 Å². The van der Waals surface area contributed by atoms with E-state index in [4.69, 9.17) is 4.74 Å². The van der Waals surface area contributed by atoms with Gasteiger partial charge in [0.1, 0.15) is 6.10 Å². The third-order valence-corrected chi connectivity index (χ3v) is 11.4. The van der Waals surface area contributed by atoms with E-state index in [1.165, 1.54) is 36.1 Å². The molecular formula is C29H33BrN2O3S. The molecule has 36 heavy (non-hydrogen) atoms. The normalized spacial score (nSPS) is 32.4. The van der Waals surface area contributed by atoms with Gasteiger partial charge in [-0.2, -0.15) is 0 Å². The zero-order valence-electron chi connectivity index (χ0n) is 20.9. The minimum Gasteiger partial charge on any atom is -0.504 e. The van der Waals surface area contributed by atoms with Crippen molar-refractivity contribution < 1.29 is 14.6 Å². The smallest absolute Gasteiger partial charge is 0.246 e. The molecule has 3 aliphatic carbocycles. The van der Waals surface area contributed by atoms with E-state index >= 15 is 0 Å². The van der Waals surface area contributed by atoms with Gasteiger partial charge in [-0.25, -0.2) is 0 Å². The molecule has 1 aromatic heterocycles. The molecule has 1 N–H and O–H groups in total. The highest BCUT2D eigenvalue weighted by molar-refractivity contribution is 9.10. The van der Waals surface area contributed by atoms with E-state index in [0.29, 0.717) is 17.7 Å². The largest absolute Gasteiger partial charge is 0.504 e. The number of aryl methyl sites for hydroxylation is 1. The third-order valence-electron chi connectivity index (χ3n) is 9.77. The number of halogens is 1. The Morgan fingerprint density at radius 3 is 2.92 bits per heavy atom. The quantitative estimate of drug-likeness (QED) is 0.483. The van der Waals surface area contributed by atoms with Crippen molar-refractivity contribution in [1.29, 1.82) is 0 Å². The monoisotopic (exact) mass is 568 g/mol. The minimum absolute atomic E-state index is 0.0119. The number of likely N-dealkylation sites (N-methyl/N-ethyl adjacent to an activating group) is 1. The number of phenolic OH excluding ortho intramolecular Hbond substituents is 1. The highest BCUT2D eigenvalue weighted by Gasteiger charge is 2.66. The number of phenols is 1. The summed E-state index contributed by atoms with van der Waals surface area (Å²) in [6.07, 6.45) is 10.4. The van der Waals surface area contributed by atoms with Crippen molar-refractivity contribution in [3.63, 3.8) is 0 Å². The highest BCUT2D eigenvalue weighted by Crippen LogP contribution is 2.64. The number of likely N-dealkylation sites (tertiary alicyclic amines) is 1. The molecule has 5 atom stereocenters. The van der Waals surface area contributed by atoms with Gasteiger partial charge in [0.05, 0.1) is 6.04 Å². The zero-order valence-corrected chi connectivity index (χ0v) is 23.3. The number of hydrogen-bond acceptors (Lipinski definition) is 5. The summed E-state index contributed by atoms with van der Waals surface area (Å²) in [4.78, 5) is 19.1. The van der Waals surface area contributed by atoms with Crippen LogP contribution >= 0.6 is 27.3 Å². The second kappa shape index (κ2) is 8.34. The van der Waals surface area contributed by atoms with Crippen LogP contribution in [0.1, 0.15) is 53.7 Å². The van der Waals surface area contributed by atoms with Crippen molar-refractivity contribution in [2.45, 2.75) is 69.1 Å². The molecule has 0 radical (unpaired) electrons. The molecule has 2 aromatic rings. The SMILES string of the molecule is Cc1cc(O)c2c3c1C[C@@H]1[C@@H]4CC[C@H](N(C)C(=O)/C=C/c5cc(Br)cs5)[C@H](O2)[C@]34CCN1CC1CC1. The predicted octanol–water partition coefficient (Wildman–Crippen LogP) is 5.51. The number of benzene rings is 1. The molecule has 0 unspecified atom stereocenters. The first-order chi connectivity index (χ1) is 17.4. The molecule has 2 bridgehead atoms. The summed E-state index contributed by atoms with van der Waals surface area (Å²) >= 11 is 5.11. The summed E-state index contributed by atoms with van der Waals surface area (Å²) in [6, 6.07) is 4.45. The van der Waals surface area contributed by atoms with Crippen molar-refractivity contribution in [1.82, 2.24) is 9.80 Å². The van der Waals surface area contributed by atoms with Crippen molar-refractivity contribution in [3.05, 3.63) is 49.6 Å². The van der Waals surface area contributed by atoms with E-state index in [2.05, 4.69) is 27.8 Å². The second-order valence-electron chi connectivity index (χ2n) is 11.6. The van der Waals surface area contributed by atoms with Gasteiger partial charge in [-0.15, -0.1) is 11.3 Å². The van der Waals surface area contributed by atoms with E-state index in [1.807, 2.05) is 35.5 Å². The first-order valence-corrected chi connectivity index (χ1v) is 15.0. The molecule has 7 heteroatoms. The number of nitrogens with zero attached hydrogens (tertiary/aromatic N) is 2. The second-order valence-corrected chi connectivity index (χ2v) is 13.5. The van der Waals surface area contributed by atoms with E-state index in [-0.39, 0.29) is 29.2 Å². The Hall–Kier alpha value is -1.83. The molecule has 190 valence electrons. The molecule has 3 heterocycles. The minimum atomic E-state index is -0.114. The van der Waals surface area contributed by atoms with Crippen LogP contribution in [0.15, 0.2) is 28.1 Å². The predicted molar refractivity (Wildman–Crippen MR) is 146 cm³/mol. The Balaban J connectivity index is 1.25. The summed E-state index contributed by atoms with van der Waals surface area (Å²) in [6.45, 7) is 4.46. The fourth-order valence-corrected chi connectivity index (χ4v) is 9.31. The number of hydrogen-bond donors (Lipinski definition) is 1. The van der Waals surface area contributed by atoms with Crippen LogP contribution in [0, 0.1) is 18.8 Å². The standard InChI is InChI=1S/C29H33BrN2O3S/c1-16-11-24(33)27-26-20(16)13-23-21-6-7-22(31(2)25(34)8-5-19-12-18(30)15-36-19)28(35-27)29(21,26)9-10-32(23)14-17-3-4-17/h5,8,11-12,15,17,21-23,28,33H,3-4,6-7,9-10,13-14H2,1-2H3/b8-5+/t21-,22-,23+,28-,29-/m0/s1. The van der Waals surface area contributed by atoms with Crippen molar-refractivity contribution in [2.24, 2.45) is 11.8 Å². The van der Waals surface area contributed by atoms with Gasteiger partial charge in [0.15, 0.2) is 11.5 Å². The van der Waals surface area contributed by atoms with Crippen LogP contribution in [-0.4, -0.2) is 59.1 Å². The summed E-state index contributed by atoms with van der Waals surface area (Å²) in [5, 5.41) is 13.0. The van der Waals surface area contributed by atoms with Crippen LogP contribution in [-0.2, 0) is 16.6 Å². The lowest BCUT2D eigenvalue weighted by molar-refractivity contribution is -0.135. The number of aromatic hydroxyl groups is 1. The summed E-state index contributed by atoms with van der Waals surface area (Å²) < 4.78 is 7.79. The van der Waals surface area contributed by atoms with Crippen molar-refractivity contribution in [3.8, 4) is 11.5 Å². The average Bonchev–Trinajstić information content (AvgIpc) is 3.47. The maximum absolute atomic E-state index is 13.3. The number of piperidine rings is 1. The van der Waals surface area contributed by atoms with E-state index < -0.39 is 0 Å². The maximum atomic E-state index is 13.3. The molecule has 1 amide bonds. The van der Waals surface area contributed by atoms with E-state index in [1.54, 1.807) is 17.4 Å². The van der Waals surface area contributed by atoms with Crippen LogP contribution in [0.5, 0.6) is 11.5 Å². The van der Waals surface area contributed by atoms with Gasteiger partial charge >= 0.3 is 0 Å². The molecule has 5 nitrogen and oxygen atoms in total. The van der Waals surface area contributed by atoms with Crippen molar-refractivity contribution in [2.75, 3.05) is 20.1 Å². The fourth-order valence-electron chi connectivity index (χ4n) is 7.97. The Bertz CT molecular complexity index is 1270. The number of amides is 1. The van der Waals surface area contributed by atoms with Gasteiger partial charge in [-0.3, -0.25) is 9.69 Å². The Morgan fingerprint density at radius 1 is 1.33 bits per heavy atom. The first kappa shape index (κ1) is 23.3. The molecule has 1 spiro atoms. The molecule has 1 saturated heterocycles. The lowest BCUT2D eigenvalue weighted by atomic mass is 9.50. The summed E-state index contributed by atoms with van der Waals surface area (Å²) in [7, 11) is 1.93. The van der Waals surface area contributed by atoms with Gasteiger partial charge in [0.25, 0.3) is 0 Å².